The molecule has 2 atom stereocenters. The minimum atomic E-state index is -0.168. The van der Waals surface area contributed by atoms with Crippen LogP contribution < -0.4 is 5.32 Å². The quantitative estimate of drug-likeness (QED) is 0.809. The van der Waals surface area contributed by atoms with Gasteiger partial charge in [-0.15, -0.1) is 0 Å². The van der Waals surface area contributed by atoms with Gasteiger partial charge < -0.3 is 10.1 Å². The Balaban J connectivity index is 1.82. The molecule has 0 radical (unpaired) electrons. The summed E-state index contributed by atoms with van der Waals surface area (Å²) in [7, 11) is 0. The van der Waals surface area contributed by atoms with E-state index in [9.17, 15) is 4.39 Å². The summed E-state index contributed by atoms with van der Waals surface area (Å²) in [5, 5.41) is 3.48. The van der Waals surface area contributed by atoms with Gasteiger partial charge in [0.05, 0.1) is 6.10 Å². The third-order valence-electron chi connectivity index (χ3n) is 3.77. The number of halogens is 1. The van der Waals surface area contributed by atoms with Crippen LogP contribution in [0.2, 0.25) is 0 Å². The van der Waals surface area contributed by atoms with Crippen molar-refractivity contribution >= 4 is 0 Å². The molecule has 1 aliphatic rings. The normalized spacial score (nSPS) is 20.6. The highest BCUT2D eigenvalue weighted by Gasteiger charge is 2.16. The zero-order valence-corrected chi connectivity index (χ0v) is 11.7. The SMILES string of the molecule is CCNC(CCCC1CCCO1)c1ccc(F)cc1. The maximum Gasteiger partial charge on any atom is 0.123 e. The van der Waals surface area contributed by atoms with E-state index in [2.05, 4.69) is 12.2 Å². The van der Waals surface area contributed by atoms with Crippen LogP contribution in [0.15, 0.2) is 24.3 Å². The molecule has 1 N–H and O–H groups in total. The van der Waals surface area contributed by atoms with Gasteiger partial charge in [-0.05, 0) is 56.3 Å². The summed E-state index contributed by atoms with van der Waals surface area (Å²) in [6, 6.07) is 7.18. The van der Waals surface area contributed by atoms with Gasteiger partial charge in [-0.1, -0.05) is 19.1 Å². The molecule has 2 rings (SSSR count). The Hall–Kier alpha value is -0.930. The van der Waals surface area contributed by atoms with E-state index in [4.69, 9.17) is 4.74 Å². The van der Waals surface area contributed by atoms with E-state index in [1.165, 1.54) is 18.4 Å². The van der Waals surface area contributed by atoms with E-state index in [1.807, 2.05) is 12.1 Å². The predicted molar refractivity (Wildman–Crippen MR) is 75.6 cm³/mol. The topological polar surface area (TPSA) is 21.3 Å². The molecule has 3 heteroatoms. The summed E-state index contributed by atoms with van der Waals surface area (Å²) < 4.78 is 18.6. The minimum absolute atomic E-state index is 0.168. The molecular weight excluding hydrogens is 241 g/mol. The lowest BCUT2D eigenvalue weighted by Crippen LogP contribution is -2.21. The molecule has 19 heavy (non-hydrogen) atoms. The number of ether oxygens (including phenoxy) is 1. The molecule has 0 saturated carbocycles. The molecule has 0 amide bonds. The maximum atomic E-state index is 13.0. The molecule has 1 aliphatic heterocycles. The molecule has 0 aliphatic carbocycles. The first-order valence-corrected chi connectivity index (χ1v) is 7.40. The van der Waals surface area contributed by atoms with Crippen LogP contribution >= 0.6 is 0 Å². The Morgan fingerprint density at radius 3 is 2.79 bits per heavy atom. The Bertz CT molecular complexity index is 360. The van der Waals surface area contributed by atoms with Crippen LogP contribution in [0.3, 0.4) is 0 Å². The lowest BCUT2D eigenvalue weighted by molar-refractivity contribution is 0.101. The average molecular weight is 265 g/mol. The van der Waals surface area contributed by atoms with Gasteiger partial charge in [0.1, 0.15) is 5.82 Å². The van der Waals surface area contributed by atoms with Crippen LogP contribution in [0.1, 0.15) is 50.6 Å². The monoisotopic (exact) mass is 265 g/mol. The molecule has 2 nitrogen and oxygen atoms in total. The third-order valence-corrected chi connectivity index (χ3v) is 3.77. The minimum Gasteiger partial charge on any atom is -0.378 e. The number of rotatable bonds is 7. The van der Waals surface area contributed by atoms with Gasteiger partial charge in [0.15, 0.2) is 0 Å². The summed E-state index contributed by atoms with van der Waals surface area (Å²) in [5.41, 5.74) is 1.18. The molecular formula is C16H24FNO. The zero-order chi connectivity index (χ0) is 13.5. The standard InChI is InChI=1S/C16H24FNO/c1-2-18-16(13-8-10-14(17)11-9-13)7-3-5-15-6-4-12-19-15/h8-11,15-16,18H,2-7,12H2,1H3. The molecule has 1 aromatic carbocycles. The molecule has 0 aromatic heterocycles. The summed E-state index contributed by atoms with van der Waals surface area (Å²) in [5.74, 6) is -0.168. The van der Waals surface area contributed by atoms with Crippen LogP contribution in [-0.2, 0) is 4.74 Å². The number of benzene rings is 1. The van der Waals surface area contributed by atoms with Crippen LogP contribution in [0.25, 0.3) is 0 Å². The first kappa shape index (κ1) is 14.5. The first-order valence-electron chi connectivity index (χ1n) is 7.40. The number of nitrogens with one attached hydrogen (secondary N) is 1. The van der Waals surface area contributed by atoms with Gasteiger partial charge in [0, 0.05) is 12.6 Å². The molecule has 2 unspecified atom stereocenters. The maximum absolute atomic E-state index is 13.0. The summed E-state index contributed by atoms with van der Waals surface area (Å²) in [6.07, 6.45) is 6.26. The van der Waals surface area contributed by atoms with Gasteiger partial charge in [0.25, 0.3) is 0 Å². The van der Waals surface area contributed by atoms with Crippen molar-refractivity contribution in [1.82, 2.24) is 5.32 Å². The molecule has 1 aromatic rings. The van der Waals surface area contributed by atoms with Crippen molar-refractivity contribution in [1.29, 1.82) is 0 Å². The highest BCUT2D eigenvalue weighted by molar-refractivity contribution is 5.19. The predicted octanol–water partition coefficient (Wildman–Crippen LogP) is 3.83. The van der Waals surface area contributed by atoms with Crippen molar-refractivity contribution in [3.63, 3.8) is 0 Å². The Morgan fingerprint density at radius 1 is 1.37 bits per heavy atom. The lowest BCUT2D eigenvalue weighted by Gasteiger charge is -2.19. The fraction of sp³-hybridized carbons (Fsp3) is 0.625. The fourth-order valence-electron chi connectivity index (χ4n) is 2.75. The molecule has 0 spiro atoms. The Kier molecular flexibility index (Phi) is 5.80. The van der Waals surface area contributed by atoms with Crippen LogP contribution in [0.4, 0.5) is 4.39 Å². The molecule has 1 heterocycles. The van der Waals surface area contributed by atoms with Crippen molar-refractivity contribution in [3.05, 3.63) is 35.6 Å². The van der Waals surface area contributed by atoms with Gasteiger partial charge >= 0.3 is 0 Å². The molecule has 0 bridgehead atoms. The fourth-order valence-corrected chi connectivity index (χ4v) is 2.75. The van der Waals surface area contributed by atoms with Crippen molar-refractivity contribution < 1.29 is 9.13 Å². The Labute approximate surface area is 115 Å². The van der Waals surface area contributed by atoms with Crippen LogP contribution in [0, 0.1) is 5.82 Å². The van der Waals surface area contributed by atoms with Gasteiger partial charge in [-0.25, -0.2) is 4.39 Å². The second kappa shape index (κ2) is 7.61. The first-order chi connectivity index (χ1) is 9.29. The smallest absolute Gasteiger partial charge is 0.123 e. The van der Waals surface area contributed by atoms with E-state index >= 15 is 0 Å². The van der Waals surface area contributed by atoms with Crippen molar-refractivity contribution in [2.24, 2.45) is 0 Å². The van der Waals surface area contributed by atoms with Crippen LogP contribution in [0.5, 0.6) is 0 Å². The second-order valence-electron chi connectivity index (χ2n) is 5.23. The van der Waals surface area contributed by atoms with Crippen molar-refractivity contribution in [2.45, 2.75) is 51.2 Å². The van der Waals surface area contributed by atoms with Gasteiger partial charge in [-0.3, -0.25) is 0 Å². The Morgan fingerprint density at radius 2 is 2.16 bits per heavy atom. The van der Waals surface area contributed by atoms with Crippen LogP contribution in [-0.4, -0.2) is 19.3 Å². The van der Waals surface area contributed by atoms with Gasteiger partial charge in [0.2, 0.25) is 0 Å². The zero-order valence-electron chi connectivity index (χ0n) is 11.7. The van der Waals surface area contributed by atoms with Crippen molar-refractivity contribution in [3.8, 4) is 0 Å². The molecule has 1 fully saturated rings. The number of hydrogen-bond acceptors (Lipinski definition) is 2. The van der Waals surface area contributed by atoms with Gasteiger partial charge in [-0.2, -0.15) is 0 Å². The van der Waals surface area contributed by atoms with E-state index < -0.39 is 0 Å². The van der Waals surface area contributed by atoms with E-state index in [0.717, 1.165) is 32.4 Å². The van der Waals surface area contributed by atoms with Crippen molar-refractivity contribution in [2.75, 3.05) is 13.2 Å². The second-order valence-corrected chi connectivity index (χ2v) is 5.23. The van der Waals surface area contributed by atoms with E-state index in [1.54, 1.807) is 12.1 Å². The summed E-state index contributed by atoms with van der Waals surface area (Å²) >= 11 is 0. The largest absolute Gasteiger partial charge is 0.378 e. The summed E-state index contributed by atoms with van der Waals surface area (Å²) in [4.78, 5) is 0. The highest BCUT2D eigenvalue weighted by atomic mass is 19.1. The highest BCUT2D eigenvalue weighted by Crippen LogP contribution is 2.23. The summed E-state index contributed by atoms with van der Waals surface area (Å²) in [6.45, 7) is 3.97. The average Bonchev–Trinajstić information content (AvgIpc) is 2.92. The van der Waals surface area contributed by atoms with E-state index in [-0.39, 0.29) is 5.82 Å². The van der Waals surface area contributed by atoms with E-state index in [0.29, 0.717) is 12.1 Å². The molecule has 106 valence electrons. The lowest BCUT2D eigenvalue weighted by atomic mass is 9.99. The third kappa shape index (κ3) is 4.59. The molecule has 1 saturated heterocycles. The number of hydrogen-bond donors (Lipinski definition) is 1.